The van der Waals surface area contributed by atoms with Gasteiger partial charge in [0.05, 0.1) is 0 Å². The van der Waals surface area contributed by atoms with Crippen LogP contribution in [0.1, 0.15) is 62.6 Å². The van der Waals surface area contributed by atoms with Crippen LogP contribution in [-0.2, 0) is 12.3 Å². The number of halogens is 1. The molecule has 2 aromatic rings. The monoisotopic (exact) mass is 326 g/mol. The molecule has 0 radical (unpaired) electrons. The fourth-order valence-electron chi connectivity index (χ4n) is 4.11. The molecule has 1 aliphatic rings. The van der Waals surface area contributed by atoms with Crippen LogP contribution in [0.15, 0.2) is 42.5 Å². The molecule has 0 N–H and O–H groups in total. The zero-order valence-corrected chi connectivity index (χ0v) is 15.3. The van der Waals surface area contributed by atoms with E-state index in [0.29, 0.717) is 17.2 Å². The lowest BCUT2D eigenvalue weighted by Gasteiger charge is -2.29. The third-order valence-electron chi connectivity index (χ3n) is 5.55. The van der Waals surface area contributed by atoms with Crippen LogP contribution in [0.25, 0.3) is 11.1 Å². The number of hydrogen-bond acceptors (Lipinski definition) is 0. The minimum absolute atomic E-state index is 0.377. The molecule has 1 atom stereocenters. The van der Waals surface area contributed by atoms with E-state index in [1.807, 2.05) is 0 Å². The highest BCUT2D eigenvalue weighted by Crippen LogP contribution is 2.51. The van der Waals surface area contributed by atoms with Crippen LogP contribution in [0.4, 0.5) is 0 Å². The van der Waals surface area contributed by atoms with Gasteiger partial charge in [0.15, 0.2) is 0 Å². The first-order chi connectivity index (χ1) is 11.0. The number of rotatable bonds is 4. The lowest BCUT2D eigenvalue weighted by atomic mass is 9.75. The van der Waals surface area contributed by atoms with Crippen LogP contribution in [0.3, 0.4) is 0 Å². The van der Waals surface area contributed by atoms with Crippen LogP contribution < -0.4 is 0 Å². The molecule has 0 aromatic heterocycles. The number of aryl methyl sites for hydroxylation is 1. The topological polar surface area (TPSA) is 0 Å². The fourth-order valence-corrected chi connectivity index (χ4v) is 4.27. The van der Waals surface area contributed by atoms with Gasteiger partial charge in [0.1, 0.15) is 0 Å². The molecule has 0 spiro atoms. The molecule has 0 amide bonds. The van der Waals surface area contributed by atoms with E-state index in [0.717, 1.165) is 6.42 Å². The van der Waals surface area contributed by atoms with Gasteiger partial charge in [-0.15, -0.1) is 11.6 Å². The Morgan fingerprint density at radius 1 is 1.09 bits per heavy atom. The molecule has 0 nitrogen and oxygen atoms in total. The maximum atomic E-state index is 6.12. The van der Waals surface area contributed by atoms with Gasteiger partial charge in [-0.3, -0.25) is 0 Å². The van der Waals surface area contributed by atoms with Crippen LogP contribution in [0, 0.1) is 5.41 Å². The highest BCUT2D eigenvalue weighted by atomic mass is 35.5. The first-order valence-electron chi connectivity index (χ1n) is 8.83. The van der Waals surface area contributed by atoms with Crippen molar-refractivity contribution < 1.29 is 0 Å². The Bertz CT molecular complexity index is 684. The first kappa shape index (κ1) is 16.6. The molecule has 122 valence electrons. The molecule has 0 unspecified atom stereocenters. The summed E-state index contributed by atoms with van der Waals surface area (Å²) < 4.78 is 0. The molecule has 3 rings (SSSR count). The van der Waals surface area contributed by atoms with E-state index < -0.39 is 0 Å². The van der Waals surface area contributed by atoms with Crippen molar-refractivity contribution in [3.8, 4) is 11.1 Å². The number of benzene rings is 2. The third-order valence-corrected chi connectivity index (χ3v) is 5.86. The Labute approximate surface area is 145 Å². The molecule has 0 saturated heterocycles. The van der Waals surface area contributed by atoms with Crippen LogP contribution in [0.5, 0.6) is 0 Å². The Kier molecular flexibility index (Phi) is 4.82. The van der Waals surface area contributed by atoms with E-state index >= 15 is 0 Å². The normalized spacial score (nSPS) is 19.9. The lowest BCUT2D eigenvalue weighted by molar-refractivity contribution is 0.333. The van der Waals surface area contributed by atoms with Crippen molar-refractivity contribution in [3.63, 3.8) is 0 Å². The average molecular weight is 327 g/mol. The predicted octanol–water partition coefficient (Wildman–Crippen LogP) is 6.95. The van der Waals surface area contributed by atoms with Crippen molar-refractivity contribution in [2.75, 3.05) is 0 Å². The minimum Gasteiger partial charge on any atom is -0.122 e. The fraction of sp³-hybridized carbons (Fsp3) is 0.455. The Hall–Kier alpha value is -1.27. The Morgan fingerprint density at radius 3 is 2.57 bits per heavy atom. The highest BCUT2D eigenvalue weighted by Gasteiger charge is 2.36. The van der Waals surface area contributed by atoms with Crippen molar-refractivity contribution >= 4 is 11.6 Å². The zero-order chi connectivity index (χ0) is 16.4. The minimum atomic E-state index is 0.377. The van der Waals surface area contributed by atoms with Crippen LogP contribution >= 0.6 is 11.6 Å². The molecule has 0 bridgehead atoms. The molecule has 0 aliphatic heterocycles. The molecule has 2 aromatic carbocycles. The Morgan fingerprint density at radius 2 is 1.91 bits per heavy atom. The molecular weight excluding hydrogens is 300 g/mol. The second kappa shape index (κ2) is 6.69. The van der Waals surface area contributed by atoms with Gasteiger partial charge in [0.25, 0.3) is 0 Å². The molecule has 0 heterocycles. The third kappa shape index (κ3) is 3.33. The molecule has 1 heteroatoms. The SMILES string of the molecule is CCc1cccc(-c2ccc(CCl)cc2[C@H]2CCCC2(C)C)c1. The largest absolute Gasteiger partial charge is 0.122 e. The average Bonchev–Trinajstić information content (AvgIpc) is 2.93. The standard InChI is InChI=1S/C22H27Cl/c1-4-16-7-5-8-18(13-16)19-11-10-17(15-23)14-20(19)21-9-6-12-22(21,2)3/h5,7-8,10-11,13-14,21H,4,6,9,12,15H2,1-3H3/t21-/m1/s1. The molecule has 1 fully saturated rings. The van der Waals surface area contributed by atoms with Gasteiger partial charge in [-0.1, -0.05) is 69.7 Å². The van der Waals surface area contributed by atoms with Crippen molar-refractivity contribution in [1.82, 2.24) is 0 Å². The molecule has 23 heavy (non-hydrogen) atoms. The summed E-state index contributed by atoms with van der Waals surface area (Å²) in [5.41, 5.74) is 7.26. The van der Waals surface area contributed by atoms with E-state index in [2.05, 4.69) is 63.2 Å². The summed E-state index contributed by atoms with van der Waals surface area (Å²) in [7, 11) is 0. The van der Waals surface area contributed by atoms with Gasteiger partial charge in [-0.2, -0.15) is 0 Å². The second-order valence-electron chi connectivity index (χ2n) is 7.54. The van der Waals surface area contributed by atoms with E-state index in [9.17, 15) is 0 Å². The van der Waals surface area contributed by atoms with Crippen molar-refractivity contribution in [2.45, 2.75) is 58.3 Å². The smallest absolute Gasteiger partial charge is 0.0474 e. The van der Waals surface area contributed by atoms with Crippen molar-refractivity contribution in [3.05, 3.63) is 59.2 Å². The Balaban J connectivity index is 2.13. The van der Waals surface area contributed by atoms with E-state index in [4.69, 9.17) is 11.6 Å². The zero-order valence-electron chi connectivity index (χ0n) is 14.5. The van der Waals surface area contributed by atoms with Gasteiger partial charge in [-0.25, -0.2) is 0 Å². The maximum absolute atomic E-state index is 6.12. The summed E-state index contributed by atoms with van der Waals surface area (Å²) in [4.78, 5) is 0. The predicted molar refractivity (Wildman–Crippen MR) is 101 cm³/mol. The highest BCUT2D eigenvalue weighted by molar-refractivity contribution is 6.17. The van der Waals surface area contributed by atoms with Gasteiger partial charge in [0.2, 0.25) is 0 Å². The summed E-state index contributed by atoms with van der Waals surface area (Å²) in [6.07, 6.45) is 5.02. The molecule has 1 saturated carbocycles. The second-order valence-corrected chi connectivity index (χ2v) is 7.81. The van der Waals surface area contributed by atoms with Gasteiger partial charge < -0.3 is 0 Å². The number of hydrogen-bond donors (Lipinski definition) is 0. The first-order valence-corrected chi connectivity index (χ1v) is 9.36. The molecular formula is C22H27Cl. The van der Waals surface area contributed by atoms with E-state index in [-0.39, 0.29) is 0 Å². The maximum Gasteiger partial charge on any atom is 0.0474 e. The van der Waals surface area contributed by atoms with Crippen LogP contribution in [-0.4, -0.2) is 0 Å². The van der Waals surface area contributed by atoms with Crippen molar-refractivity contribution in [2.24, 2.45) is 5.41 Å². The van der Waals surface area contributed by atoms with Gasteiger partial charge >= 0.3 is 0 Å². The van der Waals surface area contributed by atoms with Crippen molar-refractivity contribution in [1.29, 1.82) is 0 Å². The summed E-state index contributed by atoms with van der Waals surface area (Å²) in [6, 6.07) is 15.8. The van der Waals surface area contributed by atoms with E-state index in [1.165, 1.54) is 47.1 Å². The summed E-state index contributed by atoms with van der Waals surface area (Å²) in [6.45, 7) is 7.06. The summed E-state index contributed by atoms with van der Waals surface area (Å²) in [5, 5.41) is 0. The summed E-state index contributed by atoms with van der Waals surface area (Å²) in [5.74, 6) is 1.22. The van der Waals surface area contributed by atoms with Gasteiger partial charge in [-0.05, 0) is 58.4 Å². The van der Waals surface area contributed by atoms with E-state index in [1.54, 1.807) is 0 Å². The summed E-state index contributed by atoms with van der Waals surface area (Å²) >= 11 is 6.12. The number of alkyl halides is 1. The van der Waals surface area contributed by atoms with Crippen LogP contribution in [0.2, 0.25) is 0 Å². The lowest BCUT2D eigenvalue weighted by Crippen LogP contribution is -2.16. The van der Waals surface area contributed by atoms with Gasteiger partial charge in [0, 0.05) is 5.88 Å². The molecule has 1 aliphatic carbocycles. The quantitative estimate of drug-likeness (QED) is 0.533.